The first-order valence-electron chi connectivity index (χ1n) is 4.47. The minimum Gasteiger partial charge on any atom is -0.302 e. The molecular weight excluding hydrogens is 291 g/mol. The Morgan fingerprint density at radius 2 is 1.94 bits per heavy atom. The van der Waals surface area contributed by atoms with E-state index in [1.165, 1.54) is 0 Å². The molecule has 1 aliphatic heterocycles. The molecule has 1 heterocycles. The highest BCUT2D eigenvalue weighted by molar-refractivity contribution is 7.88. The molecule has 0 saturated carbocycles. The van der Waals surface area contributed by atoms with Gasteiger partial charge in [0.25, 0.3) is 0 Å². The number of hydrogen-bond donors (Lipinski definition) is 3. The van der Waals surface area contributed by atoms with Gasteiger partial charge in [-0.25, -0.2) is 4.79 Å². The number of rotatable bonds is 3. The number of nitrogens with zero attached hydrogens (tertiary/aromatic N) is 1. The van der Waals surface area contributed by atoms with Gasteiger partial charge in [0.05, 0.1) is 0 Å². The van der Waals surface area contributed by atoms with Crippen LogP contribution in [0.15, 0.2) is 14.6 Å². The molecule has 0 spiro atoms. The van der Waals surface area contributed by atoms with Crippen LogP contribution in [0.1, 0.15) is 13.8 Å². The zero-order chi connectivity index (χ0) is 13.2. The fourth-order valence-electron chi connectivity index (χ4n) is 1.02. The predicted octanol–water partition coefficient (Wildman–Crippen LogP) is 0.587. The van der Waals surface area contributed by atoms with Crippen molar-refractivity contribution in [1.82, 2.24) is 15.4 Å². The SMILES string of the molecule is CC(C)NS(=O)(=O)N=C1NC(=O)NC1=C(Cl)Cl. The largest absolute Gasteiger partial charge is 0.325 e. The van der Waals surface area contributed by atoms with E-state index in [1.54, 1.807) is 13.8 Å². The molecule has 1 fully saturated rings. The minimum absolute atomic E-state index is 0.0764. The van der Waals surface area contributed by atoms with E-state index in [2.05, 4.69) is 19.8 Å². The number of nitrogens with one attached hydrogen (secondary N) is 3. The number of carbonyl (C=O) groups is 1. The van der Waals surface area contributed by atoms with Crippen molar-refractivity contribution >= 4 is 45.3 Å². The Balaban J connectivity index is 3.07. The van der Waals surface area contributed by atoms with Gasteiger partial charge in [0.15, 0.2) is 5.84 Å². The van der Waals surface area contributed by atoms with E-state index in [-0.39, 0.29) is 22.1 Å². The third kappa shape index (κ3) is 4.15. The second-order valence-corrected chi connectivity index (χ2v) is 5.72. The summed E-state index contributed by atoms with van der Waals surface area (Å²) >= 11 is 10.9. The van der Waals surface area contributed by atoms with Crippen molar-refractivity contribution in [1.29, 1.82) is 0 Å². The molecule has 0 aromatic rings. The zero-order valence-electron chi connectivity index (χ0n) is 8.91. The van der Waals surface area contributed by atoms with Crippen molar-refractivity contribution in [2.24, 2.45) is 4.40 Å². The number of amidine groups is 1. The van der Waals surface area contributed by atoms with Crippen LogP contribution in [0.5, 0.6) is 0 Å². The van der Waals surface area contributed by atoms with Crippen LogP contribution in [0.25, 0.3) is 0 Å². The number of halogens is 2. The summed E-state index contributed by atoms with van der Waals surface area (Å²) in [5, 5.41) is 4.39. The molecule has 1 saturated heterocycles. The van der Waals surface area contributed by atoms with Crippen LogP contribution in [0.3, 0.4) is 0 Å². The lowest BCUT2D eigenvalue weighted by atomic mass is 10.4. The fourth-order valence-corrected chi connectivity index (χ4v) is 2.32. The number of urea groups is 1. The van der Waals surface area contributed by atoms with Crippen molar-refractivity contribution in [3.05, 3.63) is 10.2 Å². The van der Waals surface area contributed by atoms with Crippen LogP contribution < -0.4 is 15.4 Å². The van der Waals surface area contributed by atoms with Crippen molar-refractivity contribution in [3.63, 3.8) is 0 Å². The van der Waals surface area contributed by atoms with Crippen molar-refractivity contribution < 1.29 is 13.2 Å². The first kappa shape index (κ1) is 14.2. The standard InChI is InChI=1S/C7H10Cl2N4O3S/c1-3(2)12-17(15,16)13-6-4(5(8)9)10-7(14)11-6/h3,12H,1-2H3,(H2,10,11,13,14). The molecule has 7 nitrogen and oxygen atoms in total. The molecule has 96 valence electrons. The Labute approximate surface area is 108 Å². The van der Waals surface area contributed by atoms with Crippen molar-refractivity contribution in [2.75, 3.05) is 0 Å². The number of hydrogen-bond acceptors (Lipinski definition) is 3. The summed E-state index contributed by atoms with van der Waals surface area (Å²) < 4.78 is 28.3. The van der Waals surface area contributed by atoms with Crippen LogP contribution in [0.4, 0.5) is 4.79 Å². The maximum atomic E-state index is 11.5. The summed E-state index contributed by atoms with van der Waals surface area (Å²) in [6.07, 6.45) is 0. The summed E-state index contributed by atoms with van der Waals surface area (Å²) in [7, 11) is -3.92. The number of amides is 2. The molecule has 10 heteroatoms. The van der Waals surface area contributed by atoms with Crippen LogP contribution in [0.2, 0.25) is 0 Å². The maximum absolute atomic E-state index is 11.5. The Morgan fingerprint density at radius 3 is 2.41 bits per heavy atom. The molecule has 0 radical (unpaired) electrons. The zero-order valence-corrected chi connectivity index (χ0v) is 11.2. The third-order valence-electron chi connectivity index (χ3n) is 1.49. The van der Waals surface area contributed by atoms with Gasteiger partial charge in [0.2, 0.25) is 0 Å². The first-order valence-corrected chi connectivity index (χ1v) is 6.67. The fraction of sp³-hybridized carbons (Fsp3) is 0.429. The normalized spacial score (nSPS) is 18.5. The lowest BCUT2D eigenvalue weighted by Gasteiger charge is -2.05. The quantitative estimate of drug-likeness (QED) is 0.711. The number of carbonyl (C=O) groups excluding carboxylic acids is 1. The molecule has 0 atom stereocenters. The van der Waals surface area contributed by atoms with Crippen molar-refractivity contribution in [2.45, 2.75) is 19.9 Å². The highest BCUT2D eigenvalue weighted by Gasteiger charge is 2.26. The van der Waals surface area contributed by atoms with Gasteiger partial charge in [0.1, 0.15) is 10.2 Å². The Morgan fingerprint density at radius 1 is 1.35 bits per heavy atom. The molecule has 3 N–H and O–H groups in total. The highest BCUT2D eigenvalue weighted by Crippen LogP contribution is 2.16. The molecule has 0 unspecified atom stereocenters. The Kier molecular flexibility index (Phi) is 4.36. The molecule has 0 aromatic heterocycles. The lowest BCUT2D eigenvalue weighted by Crippen LogP contribution is -2.31. The summed E-state index contributed by atoms with van der Waals surface area (Å²) in [6, 6.07) is -0.981. The van der Waals surface area contributed by atoms with Crippen LogP contribution in [-0.4, -0.2) is 26.3 Å². The highest BCUT2D eigenvalue weighted by atomic mass is 35.5. The summed E-state index contributed by atoms with van der Waals surface area (Å²) in [5.74, 6) is -0.247. The van der Waals surface area contributed by atoms with E-state index in [0.717, 1.165) is 0 Å². The minimum atomic E-state index is -3.92. The van der Waals surface area contributed by atoms with Gasteiger partial charge in [-0.15, -0.1) is 4.40 Å². The molecule has 0 bridgehead atoms. The van der Waals surface area contributed by atoms with Gasteiger partial charge >= 0.3 is 16.2 Å². The van der Waals surface area contributed by atoms with Crippen LogP contribution in [0, 0.1) is 0 Å². The van der Waals surface area contributed by atoms with Gasteiger partial charge in [0, 0.05) is 6.04 Å². The van der Waals surface area contributed by atoms with Gasteiger partial charge < -0.3 is 5.32 Å². The molecule has 0 aliphatic carbocycles. The van der Waals surface area contributed by atoms with E-state index >= 15 is 0 Å². The molecular formula is C7H10Cl2N4O3S. The van der Waals surface area contributed by atoms with E-state index in [0.29, 0.717) is 0 Å². The molecule has 1 rings (SSSR count). The molecule has 1 aliphatic rings. The second-order valence-electron chi connectivity index (χ2n) is 3.40. The first-order chi connectivity index (χ1) is 7.71. The van der Waals surface area contributed by atoms with E-state index in [4.69, 9.17) is 23.2 Å². The average Bonchev–Trinajstić information content (AvgIpc) is 2.42. The monoisotopic (exact) mass is 300 g/mol. The second kappa shape index (κ2) is 5.21. The topological polar surface area (TPSA) is 99.7 Å². The van der Waals surface area contributed by atoms with Gasteiger partial charge in [-0.2, -0.15) is 13.1 Å². The van der Waals surface area contributed by atoms with E-state index in [1.807, 2.05) is 0 Å². The van der Waals surface area contributed by atoms with Crippen LogP contribution in [-0.2, 0) is 10.2 Å². The van der Waals surface area contributed by atoms with Crippen molar-refractivity contribution in [3.8, 4) is 0 Å². The average molecular weight is 301 g/mol. The van der Waals surface area contributed by atoms with Gasteiger partial charge in [-0.3, -0.25) is 5.32 Å². The van der Waals surface area contributed by atoms with Crippen LogP contribution >= 0.6 is 23.2 Å². The van der Waals surface area contributed by atoms with E-state index < -0.39 is 16.2 Å². The molecule has 0 aromatic carbocycles. The summed E-state index contributed by atoms with van der Waals surface area (Å²) in [4.78, 5) is 11.0. The summed E-state index contributed by atoms with van der Waals surface area (Å²) in [5.41, 5.74) is -0.0764. The smallest absolute Gasteiger partial charge is 0.302 e. The van der Waals surface area contributed by atoms with Gasteiger partial charge in [-0.05, 0) is 13.8 Å². The molecule has 2 amide bonds. The third-order valence-corrected chi connectivity index (χ3v) is 3.06. The molecule has 17 heavy (non-hydrogen) atoms. The Hall–Kier alpha value is -0.830. The van der Waals surface area contributed by atoms with Gasteiger partial charge in [-0.1, -0.05) is 23.2 Å². The Bertz CT molecular complexity index is 493. The maximum Gasteiger partial charge on any atom is 0.325 e. The predicted molar refractivity (Wildman–Crippen MR) is 65.0 cm³/mol. The lowest BCUT2D eigenvalue weighted by molar-refractivity contribution is 0.250. The summed E-state index contributed by atoms with van der Waals surface area (Å²) in [6.45, 7) is 3.27. The van der Waals surface area contributed by atoms with E-state index in [9.17, 15) is 13.2 Å².